The molecule has 0 saturated heterocycles. The van der Waals surface area contributed by atoms with Gasteiger partial charge in [-0.3, -0.25) is 14.4 Å². The zero-order valence-electron chi connectivity index (χ0n) is 43.8. The molecule has 0 aliphatic carbocycles. The van der Waals surface area contributed by atoms with E-state index in [1.165, 1.54) is 225 Å². The van der Waals surface area contributed by atoms with E-state index in [2.05, 4.69) is 27.7 Å². The van der Waals surface area contributed by atoms with E-state index >= 15 is 0 Å². The van der Waals surface area contributed by atoms with E-state index in [0.717, 1.165) is 63.7 Å². The average Bonchev–Trinajstić information content (AvgIpc) is 3.28. The van der Waals surface area contributed by atoms with E-state index in [1.807, 2.05) is 0 Å². The lowest BCUT2D eigenvalue weighted by Crippen LogP contribution is -2.30. The summed E-state index contributed by atoms with van der Waals surface area (Å²) >= 11 is 0. The number of hydrogen-bond donors (Lipinski definition) is 0. The van der Waals surface area contributed by atoms with Crippen LogP contribution in [0.1, 0.15) is 329 Å². The highest BCUT2D eigenvalue weighted by atomic mass is 16.6. The van der Waals surface area contributed by atoms with Gasteiger partial charge in [0.15, 0.2) is 6.10 Å². The lowest BCUT2D eigenvalue weighted by molar-refractivity contribution is -0.167. The second kappa shape index (κ2) is 52.4. The van der Waals surface area contributed by atoms with E-state index in [9.17, 15) is 14.4 Å². The predicted molar refractivity (Wildman–Crippen MR) is 275 cm³/mol. The van der Waals surface area contributed by atoms with Gasteiger partial charge in [-0.15, -0.1) is 0 Å². The van der Waals surface area contributed by atoms with Crippen LogP contribution in [0.5, 0.6) is 0 Å². The minimum atomic E-state index is -0.760. The summed E-state index contributed by atoms with van der Waals surface area (Å²) in [7, 11) is 0. The van der Waals surface area contributed by atoms with Gasteiger partial charge in [0.1, 0.15) is 13.2 Å². The van der Waals surface area contributed by atoms with Crippen LogP contribution in [0.3, 0.4) is 0 Å². The molecule has 0 radical (unpaired) electrons. The van der Waals surface area contributed by atoms with Gasteiger partial charge >= 0.3 is 17.9 Å². The third-order valence-corrected chi connectivity index (χ3v) is 13.3. The molecule has 0 aromatic heterocycles. The van der Waals surface area contributed by atoms with Crippen LogP contribution in [0.2, 0.25) is 0 Å². The minimum absolute atomic E-state index is 0.0624. The Morgan fingerprint density at radius 3 is 0.766 bits per heavy atom. The first-order valence-corrected chi connectivity index (χ1v) is 28.9. The van der Waals surface area contributed by atoms with Crippen molar-refractivity contribution in [3.05, 3.63) is 0 Å². The van der Waals surface area contributed by atoms with Gasteiger partial charge < -0.3 is 14.2 Å². The fraction of sp³-hybridized carbons (Fsp3) is 0.948. The molecule has 0 aliphatic heterocycles. The Labute approximate surface area is 399 Å². The second-order valence-corrected chi connectivity index (χ2v) is 20.4. The molecule has 0 aromatic rings. The predicted octanol–water partition coefficient (Wildman–Crippen LogP) is 19.0. The molecule has 0 amide bonds. The van der Waals surface area contributed by atoms with Gasteiger partial charge in [-0.1, -0.05) is 291 Å². The van der Waals surface area contributed by atoms with Crippen LogP contribution < -0.4 is 0 Å². The molecule has 0 unspecified atom stereocenters. The third kappa shape index (κ3) is 51.4. The van der Waals surface area contributed by atoms with Crippen molar-refractivity contribution in [2.45, 2.75) is 336 Å². The van der Waals surface area contributed by atoms with Crippen LogP contribution in [0.25, 0.3) is 0 Å². The SMILES string of the molecule is CCCCCCCCCCCCCCCCCCCCC(=O)OC[C@H](COC(=O)CCCCCCCCC)OC(=O)CCCCCCCCCCCCCCCCCCCCC(C)C. The van der Waals surface area contributed by atoms with Crippen LogP contribution in [0.4, 0.5) is 0 Å². The largest absolute Gasteiger partial charge is 0.462 e. The third-order valence-electron chi connectivity index (χ3n) is 13.3. The van der Waals surface area contributed by atoms with Gasteiger partial charge in [0.25, 0.3) is 0 Å². The van der Waals surface area contributed by atoms with E-state index in [4.69, 9.17) is 14.2 Å². The molecule has 0 spiro atoms. The standard InChI is InChI=1S/C58H112O6/c1-5-7-9-11-13-14-15-16-17-18-22-25-28-31-34-38-42-46-50-57(60)63-53-55(52-62-56(59)49-45-41-36-12-10-8-6-2)64-58(61)51-47-43-39-35-32-29-26-23-20-19-21-24-27-30-33-37-40-44-48-54(3)4/h54-55H,5-53H2,1-4H3/t55-/m0/s1. The first-order chi connectivity index (χ1) is 31.4. The summed E-state index contributed by atoms with van der Waals surface area (Å²) in [6, 6.07) is 0. The Morgan fingerprint density at radius 2 is 0.516 bits per heavy atom. The van der Waals surface area contributed by atoms with Crippen LogP contribution in [-0.4, -0.2) is 37.2 Å². The molecular weight excluding hydrogens is 793 g/mol. The number of ether oxygens (including phenoxy) is 3. The van der Waals surface area contributed by atoms with Gasteiger partial charge in [-0.05, 0) is 25.2 Å². The van der Waals surface area contributed by atoms with Gasteiger partial charge in [-0.2, -0.15) is 0 Å². The zero-order chi connectivity index (χ0) is 46.7. The fourth-order valence-corrected chi connectivity index (χ4v) is 8.92. The van der Waals surface area contributed by atoms with Crippen molar-refractivity contribution < 1.29 is 28.6 Å². The van der Waals surface area contributed by atoms with E-state index in [0.29, 0.717) is 19.3 Å². The second-order valence-electron chi connectivity index (χ2n) is 20.4. The molecule has 1 atom stereocenters. The molecule has 64 heavy (non-hydrogen) atoms. The summed E-state index contributed by atoms with van der Waals surface area (Å²) in [5, 5.41) is 0. The summed E-state index contributed by atoms with van der Waals surface area (Å²) in [4.78, 5) is 37.9. The Hall–Kier alpha value is -1.59. The Morgan fingerprint density at radius 1 is 0.297 bits per heavy atom. The van der Waals surface area contributed by atoms with Crippen LogP contribution in [0.15, 0.2) is 0 Å². The molecule has 6 heteroatoms. The average molecular weight is 906 g/mol. The van der Waals surface area contributed by atoms with Crippen molar-refractivity contribution >= 4 is 17.9 Å². The van der Waals surface area contributed by atoms with Crippen molar-refractivity contribution in [2.24, 2.45) is 5.92 Å². The maximum absolute atomic E-state index is 12.8. The molecule has 0 saturated carbocycles. The molecule has 0 aromatic carbocycles. The highest BCUT2D eigenvalue weighted by Crippen LogP contribution is 2.18. The minimum Gasteiger partial charge on any atom is -0.462 e. The van der Waals surface area contributed by atoms with Crippen LogP contribution >= 0.6 is 0 Å². The lowest BCUT2D eigenvalue weighted by atomic mass is 10.0. The molecule has 0 N–H and O–H groups in total. The van der Waals surface area contributed by atoms with Crippen molar-refractivity contribution in [1.29, 1.82) is 0 Å². The van der Waals surface area contributed by atoms with Crippen LogP contribution in [0, 0.1) is 5.92 Å². The van der Waals surface area contributed by atoms with E-state index in [-0.39, 0.29) is 31.1 Å². The molecule has 380 valence electrons. The molecule has 0 heterocycles. The van der Waals surface area contributed by atoms with Crippen molar-refractivity contribution in [3.8, 4) is 0 Å². The van der Waals surface area contributed by atoms with Gasteiger partial charge in [0.2, 0.25) is 0 Å². The number of carbonyl (C=O) groups is 3. The molecule has 0 rings (SSSR count). The number of unbranched alkanes of at least 4 members (excludes halogenated alkanes) is 40. The number of carbonyl (C=O) groups excluding carboxylic acids is 3. The normalized spacial score (nSPS) is 12.0. The maximum atomic E-state index is 12.8. The number of esters is 3. The van der Waals surface area contributed by atoms with Gasteiger partial charge in [0.05, 0.1) is 0 Å². The highest BCUT2D eigenvalue weighted by Gasteiger charge is 2.19. The monoisotopic (exact) mass is 905 g/mol. The van der Waals surface area contributed by atoms with Gasteiger partial charge in [0, 0.05) is 19.3 Å². The summed E-state index contributed by atoms with van der Waals surface area (Å²) in [5.74, 6) is 0.0145. The summed E-state index contributed by atoms with van der Waals surface area (Å²) in [5.41, 5.74) is 0. The lowest BCUT2D eigenvalue weighted by Gasteiger charge is -2.18. The first-order valence-electron chi connectivity index (χ1n) is 28.9. The Kier molecular flexibility index (Phi) is 51.1. The molecule has 0 aliphatic rings. The van der Waals surface area contributed by atoms with E-state index < -0.39 is 6.10 Å². The molecule has 0 fully saturated rings. The summed E-state index contributed by atoms with van der Waals surface area (Å²) in [6.07, 6.45) is 56.9. The van der Waals surface area contributed by atoms with Crippen LogP contribution in [-0.2, 0) is 28.6 Å². The highest BCUT2D eigenvalue weighted by molar-refractivity contribution is 5.71. The molecular formula is C58H112O6. The van der Waals surface area contributed by atoms with Gasteiger partial charge in [-0.25, -0.2) is 0 Å². The Balaban J connectivity index is 4.12. The topological polar surface area (TPSA) is 78.9 Å². The zero-order valence-corrected chi connectivity index (χ0v) is 43.8. The maximum Gasteiger partial charge on any atom is 0.306 e. The first kappa shape index (κ1) is 62.4. The quantitative estimate of drug-likeness (QED) is 0.0344. The summed E-state index contributed by atoms with van der Waals surface area (Å²) in [6.45, 7) is 9.03. The number of hydrogen-bond acceptors (Lipinski definition) is 6. The van der Waals surface area contributed by atoms with E-state index in [1.54, 1.807) is 0 Å². The number of rotatable bonds is 53. The fourth-order valence-electron chi connectivity index (χ4n) is 8.92. The van der Waals surface area contributed by atoms with Crippen molar-refractivity contribution in [3.63, 3.8) is 0 Å². The molecule has 0 bridgehead atoms. The Bertz CT molecular complexity index is 964. The van der Waals surface area contributed by atoms with Crippen molar-refractivity contribution in [2.75, 3.05) is 13.2 Å². The smallest absolute Gasteiger partial charge is 0.306 e. The van der Waals surface area contributed by atoms with Crippen molar-refractivity contribution in [1.82, 2.24) is 0 Å². The molecule has 6 nitrogen and oxygen atoms in total. The summed E-state index contributed by atoms with van der Waals surface area (Å²) < 4.78 is 16.8.